The number of thiophene rings is 1. The quantitative estimate of drug-likeness (QED) is 0.0379. The van der Waals surface area contributed by atoms with Crippen LogP contribution < -0.4 is 65.9 Å². The number of urea groups is 2. The number of anilines is 9. The van der Waals surface area contributed by atoms with Crippen molar-refractivity contribution in [3.8, 4) is 28.4 Å². The van der Waals surface area contributed by atoms with Gasteiger partial charge in [-0.15, -0.1) is 11.3 Å². The number of rotatable bonds is 18. The number of carbonyl (C=O) groups is 5. The summed E-state index contributed by atoms with van der Waals surface area (Å²) >= 11 is 1.45. The Morgan fingerprint density at radius 2 is 0.727 bits per heavy atom. The third kappa shape index (κ3) is 20.8. The molecule has 7 amide bonds. The molecule has 656 valence electrons. The highest BCUT2D eigenvalue weighted by Crippen LogP contribution is 2.28. The van der Waals surface area contributed by atoms with E-state index in [-0.39, 0.29) is 41.9 Å². The molecule has 0 spiro atoms. The number of aromatic nitrogens is 20. The molecular weight excluding hydrogens is 1710 g/mol. The summed E-state index contributed by atoms with van der Waals surface area (Å²) in [5.74, 6) is 2.09. The molecule has 20 rings (SSSR count). The van der Waals surface area contributed by atoms with Gasteiger partial charge in [-0.2, -0.15) is 25.5 Å². The summed E-state index contributed by atoms with van der Waals surface area (Å²) in [6.45, 7) is 4.95. The summed E-state index contributed by atoms with van der Waals surface area (Å²) in [6, 6.07) is 61.9. The van der Waals surface area contributed by atoms with Crippen LogP contribution in [0.2, 0.25) is 0 Å². The van der Waals surface area contributed by atoms with E-state index in [2.05, 4.69) is 119 Å². The average Bonchev–Trinajstić information content (AvgIpc) is 1.68. The zero-order valence-corrected chi connectivity index (χ0v) is 70.5. The van der Waals surface area contributed by atoms with Gasteiger partial charge < -0.3 is 65.0 Å². The summed E-state index contributed by atoms with van der Waals surface area (Å²) < 4.78 is 39.7. The maximum Gasteiger partial charge on any atom is 0.324 e. The number of halogens is 2. The van der Waals surface area contributed by atoms with Crippen molar-refractivity contribution in [3.63, 3.8) is 0 Å². The number of nitrogens with zero attached hydrogens (tertiary/aromatic N) is 20. The Hall–Kier alpha value is -18.7. The van der Waals surface area contributed by atoms with Gasteiger partial charge in [0.2, 0.25) is 0 Å². The highest BCUT2D eigenvalue weighted by atomic mass is 32.1. The number of fused-ring (bicyclic) bond motifs is 5. The first kappa shape index (κ1) is 86.8. The van der Waals surface area contributed by atoms with Gasteiger partial charge in [-0.25, -0.2) is 91.6 Å². The number of nitrogens with one attached hydrogen (secondary N) is 7. The molecule has 0 aliphatic carbocycles. The molecule has 0 fully saturated rings. The molecule has 0 saturated carbocycles. The second-order valence-electron chi connectivity index (χ2n) is 28.8. The largest absolute Gasteiger partial charge is 0.465 e. The van der Waals surface area contributed by atoms with Crippen LogP contribution >= 0.6 is 11.3 Å². The van der Waals surface area contributed by atoms with Gasteiger partial charge in [0.05, 0.1) is 97.9 Å². The molecule has 0 radical (unpaired) electrons. The maximum absolute atomic E-state index is 13.2. The molecule has 38 nitrogen and oxygen atoms in total. The summed E-state index contributed by atoms with van der Waals surface area (Å²) in [5, 5.41) is 47.0. The Morgan fingerprint density at radius 3 is 1.16 bits per heavy atom. The van der Waals surface area contributed by atoms with Crippen LogP contribution in [0.25, 0.3) is 83.6 Å². The van der Waals surface area contributed by atoms with E-state index >= 15 is 0 Å². The predicted molar refractivity (Wildman–Crippen MR) is 496 cm³/mol. The van der Waals surface area contributed by atoms with E-state index in [1.54, 1.807) is 158 Å². The lowest BCUT2D eigenvalue weighted by molar-refractivity contribution is 0.0941. The van der Waals surface area contributed by atoms with Crippen LogP contribution in [0.4, 0.5) is 69.5 Å². The van der Waals surface area contributed by atoms with Crippen molar-refractivity contribution < 1.29 is 37.2 Å². The van der Waals surface area contributed by atoms with Crippen LogP contribution in [-0.2, 0) is 19.6 Å². The van der Waals surface area contributed by atoms with Crippen molar-refractivity contribution >= 4 is 147 Å². The lowest BCUT2D eigenvalue weighted by Gasteiger charge is -2.09. The van der Waals surface area contributed by atoms with Crippen molar-refractivity contribution in [2.24, 2.45) is 0 Å². The number of amides is 7. The fourth-order valence-corrected chi connectivity index (χ4v) is 13.9. The molecule has 0 aliphatic rings. The van der Waals surface area contributed by atoms with Crippen molar-refractivity contribution in [1.29, 1.82) is 0 Å². The first-order chi connectivity index (χ1) is 64.1. The molecule has 8 aromatic carbocycles. The highest BCUT2D eigenvalue weighted by molar-refractivity contribution is 7.14. The Morgan fingerprint density at radius 1 is 0.341 bits per heavy atom. The van der Waals surface area contributed by atoms with Gasteiger partial charge in [0.15, 0.2) is 28.2 Å². The average molecular weight is 1780 g/mol. The summed E-state index contributed by atoms with van der Waals surface area (Å²) in [6.07, 6.45) is 15.0. The van der Waals surface area contributed by atoms with E-state index in [0.717, 1.165) is 39.1 Å². The van der Waals surface area contributed by atoms with Crippen molar-refractivity contribution in [2.45, 2.75) is 33.5 Å². The number of nitrogen functional groups attached to an aromatic ring is 5. The topological polar surface area (TPSA) is 531 Å². The minimum Gasteiger partial charge on any atom is -0.465 e. The van der Waals surface area contributed by atoms with Crippen molar-refractivity contribution in [2.75, 3.05) is 49.9 Å². The third-order valence-corrected chi connectivity index (χ3v) is 20.5. The fraction of sp³-hybridized carbons (Fsp3) is 0.0549. The first-order valence-corrected chi connectivity index (χ1v) is 40.9. The monoisotopic (exact) mass is 1780 g/mol. The minimum atomic E-state index is -0.431. The van der Waals surface area contributed by atoms with E-state index < -0.39 is 6.03 Å². The zero-order valence-electron chi connectivity index (χ0n) is 69.7. The second-order valence-corrected chi connectivity index (χ2v) is 29.8. The molecule has 0 bridgehead atoms. The van der Waals surface area contributed by atoms with Crippen molar-refractivity contribution in [1.82, 2.24) is 115 Å². The molecule has 20 aromatic rings. The molecule has 132 heavy (non-hydrogen) atoms. The standard InChI is InChI=1S/C20H18N6O.C19H15FN6O.C18H14FN7O.C18H16N6O2.C16H13N7OS/c1-13-3-2-4-14(9-13)10-22-20(27)15-5-7-16(8-6-15)26-19-17(11-25-26)18(21)23-12-24-19;20-14-3-1-2-12(8-14)9-22-19(27)13-4-6-15(7-5-13)26-18-16(10-25-26)17(21)23-11-24-18;19-11-1-3-12(4-2-11)24-18(27)25-13-5-7-14(8-6-13)26-17-15(9-23-26)16(20)21-10-22-17;1-11-5-6-14(26-11)8-20-18(25)12-3-2-4-13(7-12)24-17-15(9-23-24)16(19)21-10-22-17;17-14-12-8-20-23(15(12)19-9-18-14)11-4-1-3-10(7-11)21-16(24)22-13-5-2-6-25-13/h2-9,11-12H,10H2,1H3,(H,22,27)(H2,21,23,24);1-8,10-11H,9H2,(H,22,27)(H2,21,23,24);1-10H,(H2,20,21,22)(H2,24,25,27);2-7,9-10H,8H2,1H3,(H,20,25)(H2,19,21,22);1-9H,(H2,17,18,19)(H2,21,22,24). The van der Waals surface area contributed by atoms with Crippen LogP contribution in [0.3, 0.4) is 0 Å². The minimum absolute atomic E-state index is 0.125. The number of benzene rings is 8. The molecular formula is C91H76F2N32O6S. The Labute approximate surface area is 750 Å². The number of furan rings is 1. The molecule has 41 heteroatoms. The predicted octanol–water partition coefficient (Wildman–Crippen LogP) is 13.6. The van der Waals surface area contributed by atoms with Gasteiger partial charge in [0.25, 0.3) is 17.7 Å². The van der Waals surface area contributed by atoms with Crippen LogP contribution in [0.15, 0.2) is 291 Å². The van der Waals surface area contributed by atoms with Crippen LogP contribution in [0, 0.1) is 25.5 Å². The molecule has 0 atom stereocenters. The summed E-state index contributed by atoms with van der Waals surface area (Å²) in [4.78, 5) is 102. The second kappa shape index (κ2) is 39.7. The lowest BCUT2D eigenvalue weighted by Crippen LogP contribution is -2.22. The van der Waals surface area contributed by atoms with Gasteiger partial charge in [0.1, 0.15) is 83.9 Å². The number of hydrogen-bond donors (Lipinski definition) is 12. The SMILES string of the molecule is Cc1ccc(CNC(=O)c2cccc(-n3ncc4c(N)ncnc43)c2)o1.Cc1cccc(CNC(=O)c2ccc(-n3ncc4c(N)ncnc43)cc2)c1.Nc1ncnc2c1cnn2-c1ccc(C(=O)NCc2cccc(F)c2)cc1.Nc1ncnc2c1cnn2-c1ccc(NC(=O)Nc2ccc(F)cc2)cc1.Nc1ncnc2c1cnn2-c1cccc(NC(=O)Nc2cccs2)c1. The van der Waals surface area contributed by atoms with Gasteiger partial charge in [-0.05, 0) is 200 Å². The van der Waals surface area contributed by atoms with Gasteiger partial charge in [-0.3, -0.25) is 19.7 Å². The molecule has 0 saturated heterocycles. The molecule has 0 unspecified atom stereocenters. The van der Waals surface area contributed by atoms with E-state index in [1.807, 2.05) is 92.0 Å². The molecule has 0 aliphatic heterocycles. The Kier molecular flexibility index (Phi) is 26.1. The maximum atomic E-state index is 13.2. The molecule has 17 N–H and O–H groups in total. The normalized spacial score (nSPS) is 10.8. The number of aryl methyl sites for hydroxylation is 2. The highest BCUT2D eigenvalue weighted by Gasteiger charge is 2.19. The van der Waals surface area contributed by atoms with Crippen LogP contribution in [0.1, 0.15) is 59.3 Å². The Balaban J connectivity index is 0.000000120. The number of nitrogens with two attached hydrogens (primary N) is 5. The van der Waals surface area contributed by atoms with Crippen LogP contribution in [0.5, 0.6) is 0 Å². The van der Waals surface area contributed by atoms with E-state index in [1.165, 1.54) is 84.9 Å². The van der Waals surface area contributed by atoms with E-state index in [0.29, 0.717) is 148 Å². The molecule has 12 heterocycles. The number of hydrogen-bond acceptors (Lipinski definition) is 27. The smallest absolute Gasteiger partial charge is 0.324 e. The lowest BCUT2D eigenvalue weighted by atomic mass is 10.1. The summed E-state index contributed by atoms with van der Waals surface area (Å²) in [7, 11) is 0. The zero-order chi connectivity index (χ0) is 91.7. The van der Waals surface area contributed by atoms with Crippen LogP contribution in [-0.4, -0.2) is 129 Å². The van der Waals surface area contributed by atoms with Crippen molar-refractivity contribution in [3.05, 3.63) is 343 Å². The fourth-order valence-electron chi connectivity index (χ4n) is 13.3. The molecule has 12 aromatic heterocycles. The first-order valence-electron chi connectivity index (χ1n) is 40.0. The Bertz CT molecular complexity index is 7370. The van der Waals surface area contributed by atoms with Gasteiger partial charge >= 0.3 is 12.1 Å². The van der Waals surface area contributed by atoms with Gasteiger partial charge in [0, 0.05) is 46.8 Å². The van der Waals surface area contributed by atoms with E-state index in [4.69, 9.17) is 33.1 Å². The van der Waals surface area contributed by atoms with Gasteiger partial charge in [-0.1, -0.05) is 54.1 Å². The van der Waals surface area contributed by atoms with E-state index in [9.17, 15) is 32.8 Å². The summed E-state index contributed by atoms with van der Waals surface area (Å²) in [5.41, 5.74) is 42.1. The third-order valence-electron chi connectivity index (χ3n) is 19.8. The number of carbonyl (C=O) groups excluding carboxylic acids is 5.